The summed E-state index contributed by atoms with van der Waals surface area (Å²) >= 11 is 0. The van der Waals surface area contributed by atoms with Crippen molar-refractivity contribution in [1.82, 2.24) is 0 Å². The molecule has 0 heterocycles. The molecule has 0 radical (unpaired) electrons. The van der Waals surface area contributed by atoms with Crippen LogP contribution in [-0.2, 0) is 4.79 Å². The highest BCUT2D eigenvalue weighted by Gasteiger charge is 2.16. The normalized spacial score (nSPS) is 11.9. The number of nitrogens with zero attached hydrogens (tertiary/aromatic N) is 1. The minimum Gasteiger partial charge on any atom is -0.481 e. The number of hydrogen-bond acceptors (Lipinski definition) is 2. The molecular weight excluding hydrogens is 262 g/mol. The smallest absolute Gasteiger partial charge is 0.303 e. The van der Waals surface area contributed by atoms with Crippen LogP contribution in [0.15, 0.2) is 60.7 Å². The van der Waals surface area contributed by atoms with Gasteiger partial charge >= 0.3 is 5.97 Å². The van der Waals surface area contributed by atoms with Gasteiger partial charge in [0.05, 0.1) is 6.04 Å². The third-order valence-electron chi connectivity index (χ3n) is 3.63. The maximum Gasteiger partial charge on any atom is 0.303 e. The van der Waals surface area contributed by atoms with Gasteiger partial charge in [-0.2, -0.15) is 0 Å². The molecule has 1 unspecified atom stereocenters. The van der Waals surface area contributed by atoms with Crippen LogP contribution < -0.4 is 4.90 Å². The van der Waals surface area contributed by atoms with Gasteiger partial charge in [0.2, 0.25) is 0 Å². The predicted octanol–water partition coefficient (Wildman–Crippen LogP) is 4.12. The minimum absolute atomic E-state index is 0.199. The molecule has 0 saturated carbocycles. The molecule has 21 heavy (non-hydrogen) atoms. The summed E-state index contributed by atoms with van der Waals surface area (Å²) in [6.45, 7) is 2.88. The molecule has 3 nitrogen and oxygen atoms in total. The summed E-state index contributed by atoms with van der Waals surface area (Å²) in [5.41, 5.74) is 2.36. The second-order valence-corrected chi connectivity index (χ2v) is 5.11. The Balaban J connectivity index is 2.17. The van der Waals surface area contributed by atoms with Gasteiger partial charge in [0.1, 0.15) is 0 Å². The summed E-state index contributed by atoms with van der Waals surface area (Å²) in [4.78, 5) is 13.0. The van der Waals surface area contributed by atoms with Crippen LogP contribution in [0.5, 0.6) is 0 Å². The van der Waals surface area contributed by atoms with E-state index in [4.69, 9.17) is 5.11 Å². The van der Waals surface area contributed by atoms with Gasteiger partial charge in [-0.15, -0.1) is 0 Å². The van der Waals surface area contributed by atoms with Crippen molar-refractivity contribution in [1.29, 1.82) is 0 Å². The molecule has 0 amide bonds. The van der Waals surface area contributed by atoms with E-state index < -0.39 is 5.97 Å². The number of aliphatic carboxylic acids is 1. The molecule has 3 heteroatoms. The van der Waals surface area contributed by atoms with Gasteiger partial charge in [0.25, 0.3) is 0 Å². The van der Waals surface area contributed by atoms with E-state index >= 15 is 0 Å². The lowest BCUT2D eigenvalue weighted by atomic mass is 10.1. The molecule has 2 rings (SSSR count). The Labute approximate surface area is 125 Å². The van der Waals surface area contributed by atoms with Gasteiger partial charge < -0.3 is 10.0 Å². The van der Waals surface area contributed by atoms with E-state index in [-0.39, 0.29) is 12.5 Å². The van der Waals surface area contributed by atoms with Crippen molar-refractivity contribution in [2.45, 2.75) is 25.8 Å². The van der Waals surface area contributed by atoms with E-state index in [0.717, 1.165) is 12.2 Å². The Morgan fingerprint density at radius 2 is 1.62 bits per heavy atom. The highest BCUT2D eigenvalue weighted by atomic mass is 16.4. The largest absolute Gasteiger partial charge is 0.481 e. The first-order valence-corrected chi connectivity index (χ1v) is 7.27. The standard InChI is InChI=1S/C18H21NO2/c1-15(16-9-4-2-5-10-16)19(14-8-13-18(20)21)17-11-6-3-7-12-17/h2-7,9-12,15H,8,13-14H2,1H3,(H,20,21). The quantitative estimate of drug-likeness (QED) is 0.831. The second kappa shape index (κ2) is 7.48. The SMILES string of the molecule is CC(c1ccccc1)N(CCCC(=O)O)c1ccccc1. The van der Waals surface area contributed by atoms with Crippen molar-refractivity contribution in [2.24, 2.45) is 0 Å². The maximum atomic E-state index is 10.7. The molecule has 0 aliphatic rings. The Bertz CT molecular complexity index is 554. The summed E-state index contributed by atoms with van der Waals surface area (Å²) in [5.74, 6) is -0.740. The lowest BCUT2D eigenvalue weighted by molar-refractivity contribution is -0.137. The number of anilines is 1. The number of carboxylic acids is 1. The molecule has 0 aromatic heterocycles. The number of benzene rings is 2. The van der Waals surface area contributed by atoms with Crippen molar-refractivity contribution in [2.75, 3.05) is 11.4 Å². The van der Waals surface area contributed by atoms with Crippen LogP contribution in [0.25, 0.3) is 0 Å². The predicted molar refractivity (Wildman–Crippen MR) is 85.5 cm³/mol. The fourth-order valence-electron chi connectivity index (χ4n) is 2.48. The van der Waals surface area contributed by atoms with Crippen LogP contribution in [0, 0.1) is 0 Å². The zero-order valence-electron chi connectivity index (χ0n) is 12.3. The summed E-state index contributed by atoms with van der Waals surface area (Å²) in [6.07, 6.45) is 0.840. The average Bonchev–Trinajstić information content (AvgIpc) is 2.52. The van der Waals surface area contributed by atoms with Crippen LogP contribution in [0.4, 0.5) is 5.69 Å². The molecule has 0 saturated heterocycles. The molecule has 0 aliphatic heterocycles. The van der Waals surface area contributed by atoms with E-state index in [0.29, 0.717) is 6.42 Å². The molecule has 0 bridgehead atoms. The first-order chi connectivity index (χ1) is 10.2. The molecule has 0 aliphatic carbocycles. The molecule has 1 N–H and O–H groups in total. The summed E-state index contributed by atoms with van der Waals surface area (Å²) in [7, 11) is 0. The van der Waals surface area contributed by atoms with Crippen molar-refractivity contribution < 1.29 is 9.90 Å². The van der Waals surface area contributed by atoms with Gasteiger partial charge in [-0.05, 0) is 31.0 Å². The van der Waals surface area contributed by atoms with Crippen LogP contribution in [0.2, 0.25) is 0 Å². The van der Waals surface area contributed by atoms with Crippen LogP contribution in [0.1, 0.15) is 31.4 Å². The van der Waals surface area contributed by atoms with Gasteiger partial charge in [-0.25, -0.2) is 0 Å². The first kappa shape index (κ1) is 15.1. The number of rotatable bonds is 7. The number of carboxylic acid groups (broad SMARTS) is 1. The van der Waals surface area contributed by atoms with E-state index in [1.165, 1.54) is 5.56 Å². The number of para-hydroxylation sites is 1. The van der Waals surface area contributed by atoms with Gasteiger partial charge in [0, 0.05) is 18.7 Å². The van der Waals surface area contributed by atoms with Crippen molar-refractivity contribution >= 4 is 11.7 Å². The second-order valence-electron chi connectivity index (χ2n) is 5.11. The number of carbonyl (C=O) groups is 1. The zero-order valence-corrected chi connectivity index (χ0v) is 12.3. The Hall–Kier alpha value is -2.29. The first-order valence-electron chi connectivity index (χ1n) is 7.27. The maximum absolute atomic E-state index is 10.7. The lowest BCUT2D eigenvalue weighted by Crippen LogP contribution is -2.28. The summed E-state index contributed by atoms with van der Waals surface area (Å²) in [6, 6.07) is 20.7. The average molecular weight is 283 g/mol. The van der Waals surface area contributed by atoms with Crippen molar-refractivity contribution in [3.8, 4) is 0 Å². The van der Waals surface area contributed by atoms with Gasteiger partial charge in [-0.1, -0.05) is 48.5 Å². The minimum atomic E-state index is -0.740. The van der Waals surface area contributed by atoms with E-state index in [9.17, 15) is 4.79 Å². The number of hydrogen-bond donors (Lipinski definition) is 1. The molecule has 0 spiro atoms. The Morgan fingerprint density at radius 1 is 1.05 bits per heavy atom. The monoisotopic (exact) mass is 283 g/mol. The van der Waals surface area contributed by atoms with Gasteiger partial charge in [-0.3, -0.25) is 4.79 Å². The third-order valence-corrected chi connectivity index (χ3v) is 3.63. The van der Waals surface area contributed by atoms with Crippen molar-refractivity contribution in [3.63, 3.8) is 0 Å². The highest BCUT2D eigenvalue weighted by molar-refractivity contribution is 5.66. The fourth-order valence-corrected chi connectivity index (χ4v) is 2.48. The van der Waals surface area contributed by atoms with Crippen molar-refractivity contribution in [3.05, 3.63) is 66.2 Å². The summed E-state index contributed by atoms with van der Waals surface area (Å²) < 4.78 is 0. The third kappa shape index (κ3) is 4.35. The van der Waals surface area contributed by atoms with Crippen LogP contribution >= 0.6 is 0 Å². The molecular formula is C18H21NO2. The fraction of sp³-hybridized carbons (Fsp3) is 0.278. The van der Waals surface area contributed by atoms with Crippen LogP contribution in [-0.4, -0.2) is 17.6 Å². The summed E-state index contributed by atoms with van der Waals surface area (Å²) in [5, 5.41) is 8.83. The van der Waals surface area contributed by atoms with Crippen LogP contribution in [0.3, 0.4) is 0 Å². The van der Waals surface area contributed by atoms with Gasteiger partial charge in [0.15, 0.2) is 0 Å². The Morgan fingerprint density at radius 3 is 2.19 bits per heavy atom. The molecule has 2 aromatic carbocycles. The molecule has 1 atom stereocenters. The van der Waals surface area contributed by atoms with E-state index in [2.05, 4.69) is 36.1 Å². The molecule has 2 aromatic rings. The van der Waals surface area contributed by atoms with E-state index in [1.807, 2.05) is 36.4 Å². The van der Waals surface area contributed by atoms with E-state index in [1.54, 1.807) is 0 Å². The molecule has 110 valence electrons. The lowest BCUT2D eigenvalue weighted by Gasteiger charge is -2.31. The molecule has 0 fully saturated rings. The topological polar surface area (TPSA) is 40.5 Å². The Kier molecular flexibility index (Phi) is 5.38. The zero-order chi connectivity index (χ0) is 15.1. The highest BCUT2D eigenvalue weighted by Crippen LogP contribution is 2.27.